The van der Waals surface area contributed by atoms with Crippen LogP contribution in [0.4, 0.5) is 0 Å². The van der Waals surface area contributed by atoms with Crippen LogP contribution in [0.15, 0.2) is 12.1 Å². The topological polar surface area (TPSA) is 26.7 Å². The molecule has 0 spiro atoms. The molecule has 1 saturated heterocycles. The van der Waals surface area contributed by atoms with Crippen LogP contribution in [0.1, 0.15) is 30.0 Å². The van der Waals surface area contributed by atoms with Crippen LogP contribution in [-0.4, -0.2) is 54.2 Å². The molecule has 116 valence electrons. The molecular formula is C16H22Cl2N2O. The Labute approximate surface area is 136 Å². The molecule has 1 aliphatic carbocycles. The molecule has 3 atom stereocenters. The predicted octanol–water partition coefficient (Wildman–Crippen LogP) is 2.98. The molecule has 0 saturated carbocycles. The minimum Gasteiger partial charge on any atom is -0.391 e. The van der Waals surface area contributed by atoms with E-state index >= 15 is 0 Å². The molecule has 0 aromatic heterocycles. The van der Waals surface area contributed by atoms with Gasteiger partial charge < -0.3 is 10.0 Å². The zero-order valence-electron chi connectivity index (χ0n) is 12.5. The van der Waals surface area contributed by atoms with Crippen molar-refractivity contribution in [2.45, 2.75) is 37.5 Å². The third kappa shape index (κ3) is 2.95. The van der Waals surface area contributed by atoms with Crippen molar-refractivity contribution in [1.82, 2.24) is 9.80 Å². The van der Waals surface area contributed by atoms with Crippen LogP contribution >= 0.6 is 23.2 Å². The smallest absolute Gasteiger partial charge is 0.0778 e. The maximum Gasteiger partial charge on any atom is 0.0778 e. The van der Waals surface area contributed by atoms with Gasteiger partial charge in [0, 0.05) is 29.1 Å². The third-order valence-corrected chi connectivity index (χ3v) is 5.40. The normalized spacial score (nSPS) is 29.9. The van der Waals surface area contributed by atoms with Gasteiger partial charge in [-0.25, -0.2) is 0 Å². The van der Waals surface area contributed by atoms with Crippen molar-refractivity contribution in [3.8, 4) is 0 Å². The lowest BCUT2D eigenvalue weighted by Gasteiger charge is -2.40. The quantitative estimate of drug-likeness (QED) is 0.904. The number of hydrogen-bond acceptors (Lipinski definition) is 3. The molecule has 0 amide bonds. The van der Waals surface area contributed by atoms with Crippen LogP contribution in [0.3, 0.4) is 0 Å². The highest BCUT2D eigenvalue weighted by Crippen LogP contribution is 2.42. The fraction of sp³-hybridized carbons (Fsp3) is 0.625. The zero-order valence-corrected chi connectivity index (χ0v) is 14.0. The maximum absolute atomic E-state index is 10.5. The Balaban J connectivity index is 1.90. The number of aliphatic hydroxyl groups excluding tert-OH is 1. The van der Waals surface area contributed by atoms with Crippen molar-refractivity contribution in [2.75, 3.05) is 27.2 Å². The summed E-state index contributed by atoms with van der Waals surface area (Å²) in [4.78, 5) is 4.68. The van der Waals surface area contributed by atoms with E-state index in [1.54, 1.807) is 6.07 Å². The van der Waals surface area contributed by atoms with E-state index in [-0.39, 0.29) is 6.04 Å². The van der Waals surface area contributed by atoms with Gasteiger partial charge in [0.2, 0.25) is 0 Å². The van der Waals surface area contributed by atoms with Crippen LogP contribution in [0.5, 0.6) is 0 Å². The van der Waals surface area contributed by atoms with E-state index in [4.69, 9.17) is 23.2 Å². The van der Waals surface area contributed by atoms with Crippen molar-refractivity contribution in [2.24, 2.45) is 0 Å². The van der Waals surface area contributed by atoms with Crippen LogP contribution in [0.25, 0.3) is 0 Å². The Kier molecular flexibility index (Phi) is 4.49. The number of likely N-dealkylation sites (N-methyl/N-ethyl adjacent to an activating group) is 1. The van der Waals surface area contributed by atoms with E-state index in [9.17, 15) is 5.11 Å². The minimum absolute atomic E-state index is 0.0268. The highest BCUT2D eigenvalue weighted by molar-refractivity contribution is 6.35. The van der Waals surface area contributed by atoms with Gasteiger partial charge in [0.1, 0.15) is 0 Å². The van der Waals surface area contributed by atoms with Gasteiger partial charge in [-0.05, 0) is 56.7 Å². The highest BCUT2D eigenvalue weighted by Gasteiger charge is 2.38. The van der Waals surface area contributed by atoms with Gasteiger partial charge in [0.25, 0.3) is 0 Å². The molecule has 1 aromatic carbocycles. The van der Waals surface area contributed by atoms with Gasteiger partial charge in [-0.2, -0.15) is 0 Å². The number of benzene rings is 1. The molecule has 1 aliphatic heterocycles. The lowest BCUT2D eigenvalue weighted by Crippen LogP contribution is -2.48. The average molecular weight is 329 g/mol. The second-order valence-electron chi connectivity index (χ2n) is 6.43. The molecule has 1 heterocycles. The summed E-state index contributed by atoms with van der Waals surface area (Å²) in [5.41, 5.74) is 2.17. The fourth-order valence-electron chi connectivity index (χ4n) is 3.73. The largest absolute Gasteiger partial charge is 0.391 e. The Morgan fingerprint density at radius 1 is 1.29 bits per heavy atom. The predicted molar refractivity (Wildman–Crippen MR) is 87.2 cm³/mol. The first-order valence-corrected chi connectivity index (χ1v) is 8.29. The van der Waals surface area contributed by atoms with Crippen LogP contribution in [-0.2, 0) is 6.42 Å². The fourth-order valence-corrected chi connectivity index (χ4v) is 4.31. The monoisotopic (exact) mass is 328 g/mol. The molecule has 3 nitrogen and oxygen atoms in total. The Bertz CT molecular complexity index is 535. The van der Waals surface area contributed by atoms with Crippen LogP contribution in [0, 0.1) is 0 Å². The maximum atomic E-state index is 10.5. The molecular weight excluding hydrogens is 307 g/mol. The third-order valence-electron chi connectivity index (χ3n) is 4.84. The number of fused-ring (bicyclic) bond motifs is 1. The van der Waals surface area contributed by atoms with Crippen LogP contribution < -0.4 is 0 Å². The van der Waals surface area contributed by atoms with Crippen molar-refractivity contribution in [1.29, 1.82) is 0 Å². The number of aliphatic hydroxyl groups is 1. The molecule has 0 radical (unpaired) electrons. The van der Waals surface area contributed by atoms with E-state index in [0.717, 1.165) is 30.6 Å². The summed E-state index contributed by atoms with van der Waals surface area (Å²) in [6.07, 6.45) is 2.61. The highest BCUT2D eigenvalue weighted by atomic mass is 35.5. The Morgan fingerprint density at radius 3 is 2.76 bits per heavy atom. The molecule has 5 heteroatoms. The molecule has 0 bridgehead atoms. The standard InChI is InChI=1S/C16H22Cl2N2O/c1-19(2)11-4-3-5-20(9-11)16-13-6-10(17)7-14(18)12(13)8-15(16)21/h6-7,11,15-16,21H,3-5,8-9H2,1-2H3/t11-,15-,16-/m1/s1. The van der Waals surface area contributed by atoms with E-state index < -0.39 is 6.10 Å². The van der Waals surface area contributed by atoms with E-state index in [1.807, 2.05) is 6.07 Å². The van der Waals surface area contributed by atoms with Crippen molar-refractivity contribution < 1.29 is 5.11 Å². The summed E-state index contributed by atoms with van der Waals surface area (Å²) >= 11 is 12.5. The summed E-state index contributed by atoms with van der Waals surface area (Å²) in [5, 5.41) is 11.9. The number of halogens is 2. The SMILES string of the molecule is CN(C)[C@@H]1CCCN([C@@H]2c3cc(Cl)cc(Cl)c3C[C@H]2O)C1. The van der Waals surface area contributed by atoms with Gasteiger partial charge >= 0.3 is 0 Å². The first-order valence-electron chi connectivity index (χ1n) is 7.53. The Morgan fingerprint density at radius 2 is 2.05 bits per heavy atom. The molecule has 1 aromatic rings. The van der Waals surface area contributed by atoms with E-state index in [1.165, 1.54) is 6.42 Å². The molecule has 3 rings (SSSR count). The summed E-state index contributed by atoms with van der Waals surface area (Å²) < 4.78 is 0. The van der Waals surface area contributed by atoms with Gasteiger partial charge in [0.05, 0.1) is 12.1 Å². The number of hydrogen-bond donors (Lipinski definition) is 1. The minimum atomic E-state index is -0.392. The lowest BCUT2D eigenvalue weighted by molar-refractivity contribution is 0.0267. The number of nitrogens with zero attached hydrogens (tertiary/aromatic N) is 2. The second kappa shape index (κ2) is 6.05. The van der Waals surface area contributed by atoms with Gasteiger partial charge in [-0.3, -0.25) is 4.90 Å². The summed E-state index contributed by atoms with van der Waals surface area (Å²) in [6.45, 7) is 2.01. The lowest BCUT2D eigenvalue weighted by atomic mass is 9.99. The molecule has 21 heavy (non-hydrogen) atoms. The number of rotatable bonds is 2. The molecule has 2 aliphatic rings. The van der Waals surface area contributed by atoms with Crippen molar-refractivity contribution in [3.63, 3.8) is 0 Å². The summed E-state index contributed by atoms with van der Waals surface area (Å²) in [5.74, 6) is 0. The van der Waals surface area contributed by atoms with Gasteiger partial charge in [-0.15, -0.1) is 0 Å². The molecule has 0 unspecified atom stereocenters. The zero-order chi connectivity index (χ0) is 15.1. The molecule has 1 N–H and O–H groups in total. The average Bonchev–Trinajstić information content (AvgIpc) is 2.75. The number of likely N-dealkylation sites (tertiary alicyclic amines) is 1. The second-order valence-corrected chi connectivity index (χ2v) is 7.27. The van der Waals surface area contributed by atoms with Crippen molar-refractivity contribution >= 4 is 23.2 Å². The van der Waals surface area contributed by atoms with Gasteiger partial charge in [0.15, 0.2) is 0 Å². The van der Waals surface area contributed by atoms with Gasteiger partial charge in [-0.1, -0.05) is 23.2 Å². The summed E-state index contributed by atoms with van der Waals surface area (Å²) in [7, 11) is 4.25. The number of piperidine rings is 1. The Hall–Kier alpha value is -0.320. The first-order chi connectivity index (χ1) is 9.97. The molecule has 1 fully saturated rings. The summed E-state index contributed by atoms with van der Waals surface area (Å²) in [6, 6.07) is 4.32. The van der Waals surface area contributed by atoms with E-state index in [2.05, 4.69) is 23.9 Å². The van der Waals surface area contributed by atoms with E-state index in [0.29, 0.717) is 22.5 Å². The van der Waals surface area contributed by atoms with Crippen LogP contribution in [0.2, 0.25) is 10.0 Å². The van der Waals surface area contributed by atoms with Crippen molar-refractivity contribution in [3.05, 3.63) is 33.3 Å². The first kappa shape index (κ1) is 15.6.